The quantitative estimate of drug-likeness (QED) is 0.232. The fourth-order valence-electron chi connectivity index (χ4n) is 6.10. The Labute approximate surface area is 215 Å². The van der Waals surface area contributed by atoms with Gasteiger partial charge in [-0.05, 0) is 61.0 Å². The highest BCUT2D eigenvalue weighted by atomic mass is 16.6. The van der Waals surface area contributed by atoms with Gasteiger partial charge in [0.1, 0.15) is 6.10 Å². The second kappa shape index (κ2) is 10.9. The fraction of sp³-hybridized carbons (Fsp3) is 0.633. The van der Waals surface area contributed by atoms with Gasteiger partial charge in [0.05, 0.1) is 12.0 Å². The van der Waals surface area contributed by atoms with E-state index in [0.29, 0.717) is 12.0 Å². The van der Waals surface area contributed by atoms with Gasteiger partial charge in [0, 0.05) is 19.4 Å². The van der Waals surface area contributed by atoms with E-state index < -0.39 is 35.7 Å². The molecule has 0 aliphatic heterocycles. The van der Waals surface area contributed by atoms with Crippen molar-refractivity contribution >= 4 is 17.7 Å². The number of hydrogen-bond donors (Lipinski definition) is 1. The van der Waals surface area contributed by atoms with Crippen LogP contribution in [-0.4, -0.2) is 40.6 Å². The van der Waals surface area contributed by atoms with Gasteiger partial charge in [-0.3, -0.25) is 9.59 Å². The van der Waals surface area contributed by atoms with Crippen molar-refractivity contribution in [2.75, 3.05) is 0 Å². The van der Waals surface area contributed by atoms with Crippen LogP contribution < -0.4 is 0 Å². The molecule has 2 saturated carbocycles. The second-order valence-corrected chi connectivity index (χ2v) is 11.5. The van der Waals surface area contributed by atoms with Crippen LogP contribution in [0.25, 0.3) is 0 Å². The van der Waals surface area contributed by atoms with Gasteiger partial charge in [-0.2, -0.15) is 0 Å². The molecule has 3 rings (SSSR count). The summed E-state index contributed by atoms with van der Waals surface area (Å²) in [4.78, 5) is 38.7. The molecular weight excluding hydrogens is 456 g/mol. The van der Waals surface area contributed by atoms with Gasteiger partial charge in [0.15, 0.2) is 5.60 Å². The van der Waals surface area contributed by atoms with Crippen molar-refractivity contribution in [2.45, 2.75) is 92.0 Å². The average Bonchev–Trinajstić information content (AvgIpc) is 3.21. The van der Waals surface area contributed by atoms with Crippen LogP contribution in [-0.2, 0) is 23.9 Å². The van der Waals surface area contributed by atoms with E-state index in [4.69, 9.17) is 9.47 Å². The third-order valence-corrected chi connectivity index (χ3v) is 8.36. The summed E-state index contributed by atoms with van der Waals surface area (Å²) >= 11 is 0. The van der Waals surface area contributed by atoms with E-state index >= 15 is 0 Å². The topological polar surface area (TPSA) is 89.9 Å². The predicted molar refractivity (Wildman–Crippen MR) is 139 cm³/mol. The minimum absolute atomic E-state index is 0.0547. The lowest BCUT2D eigenvalue weighted by Crippen LogP contribution is -2.48. The van der Waals surface area contributed by atoms with Gasteiger partial charge in [-0.1, -0.05) is 64.5 Å². The molecule has 0 amide bonds. The first-order valence-electron chi connectivity index (χ1n) is 13.2. The molecule has 6 heteroatoms. The number of carbonyl (C=O) groups excluding carboxylic acids is 3. The highest BCUT2D eigenvalue weighted by Gasteiger charge is 2.61. The highest BCUT2D eigenvalue weighted by Crippen LogP contribution is 2.62. The smallest absolute Gasteiger partial charge is 0.331 e. The van der Waals surface area contributed by atoms with E-state index in [-0.39, 0.29) is 35.4 Å². The van der Waals surface area contributed by atoms with E-state index in [1.807, 2.05) is 32.1 Å². The number of unbranched alkanes of at least 4 members (excludes halogenated alkanes) is 1. The van der Waals surface area contributed by atoms with E-state index in [2.05, 4.69) is 20.8 Å². The molecule has 0 unspecified atom stereocenters. The lowest BCUT2D eigenvalue weighted by Gasteiger charge is -2.34. The van der Waals surface area contributed by atoms with Crippen molar-refractivity contribution < 1.29 is 29.0 Å². The molecule has 7 atom stereocenters. The Morgan fingerprint density at radius 3 is 2.50 bits per heavy atom. The number of aliphatic hydroxyl groups is 1. The number of rotatable bonds is 6. The molecule has 3 aliphatic rings. The zero-order valence-electron chi connectivity index (χ0n) is 22.7. The number of Topliss-reactive ketones (excluding diaryl/α,β-unsaturated/α-hetero) is 1. The van der Waals surface area contributed by atoms with Crippen LogP contribution in [0.5, 0.6) is 0 Å². The van der Waals surface area contributed by atoms with Gasteiger partial charge in [-0.15, -0.1) is 0 Å². The summed E-state index contributed by atoms with van der Waals surface area (Å²) in [7, 11) is 0. The minimum atomic E-state index is -1.48. The highest BCUT2D eigenvalue weighted by molar-refractivity contribution is 6.03. The first-order chi connectivity index (χ1) is 16.8. The zero-order chi connectivity index (χ0) is 26.8. The van der Waals surface area contributed by atoms with Crippen LogP contribution in [0.4, 0.5) is 0 Å². The van der Waals surface area contributed by atoms with E-state index in [1.54, 1.807) is 19.1 Å². The Bertz CT molecular complexity index is 999. The monoisotopic (exact) mass is 498 g/mol. The molecule has 0 heterocycles. The molecule has 0 radical (unpaired) electrons. The van der Waals surface area contributed by atoms with Gasteiger partial charge >= 0.3 is 11.9 Å². The molecule has 2 fully saturated rings. The number of ketones is 1. The van der Waals surface area contributed by atoms with Crippen LogP contribution in [0.15, 0.2) is 47.6 Å². The normalized spacial score (nSPS) is 38.8. The zero-order valence-corrected chi connectivity index (χ0v) is 22.7. The molecule has 6 nitrogen and oxygen atoms in total. The van der Waals surface area contributed by atoms with Crippen molar-refractivity contribution in [1.82, 2.24) is 0 Å². The Morgan fingerprint density at radius 2 is 1.86 bits per heavy atom. The number of allylic oxidation sites excluding steroid dienone is 4. The predicted octanol–water partition coefficient (Wildman–Crippen LogP) is 5.27. The number of hydrogen-bond acceptors (Lipinski definition) is 6. The van der Waals surface area contributed by atoms with Gasteiger partial charge in [0.2, 0.25) is 5.78 Å². The number of esters is 2. The molecule has 1 N–H and O–H groups in total. The van der Waals surface area contributed by atoms with Crippen molar-refractivity contribution in [1.29, 1.82) is 0 Å². The third-order valence-electron chi connectivity index (χ3n) is 8.36. The Hall–Kier alpha value is -2.47. The van der Waals surface area contributed by atoms with Crippen LogP contribution in [0.3, 0.4) is 0 Å². The Morgan fingerprint density at radius 1 is 1.17 bits per heavy atom. The van der Waals surface area contributed by atoms with E-state index in [0.717, 1.165) is 18.4 Å². The molecule has 0 aromatic heterocycles. The van der Waals surface area contributed by atoms with Crippen molar-refractivity contribution in [2.24, 2.45) is 29.1 Å². The van der Waals surface area contributed by atoms with Crippen LogP contribution in [0.1, 0.15) is 74.1 Å². The maximum Gasteiger partial charge on any atom is 0.331 e. The number of aliphatic hydroxyl groups excluding tert-OH is 1. The summed E-state index contributed by atoms with van der Waals surface area (Å²) in [6.45, 7) is 13.2. The summed E-state index contributed by atoms with van der Waals surface area (Å²) in [5.41, 5.74) is -0.238. The molecule has 3 aliphatic carbocycles. The maximum atomic E-state index is 13.9. The SMILES string of the molecule is CCC/C=C\C=C\C(=O)O[C@@H]1C[C@H]2[C@@H](/C=C(\C)C(=O)[C@@]3(OC(C)=O)C[C@@H](C)[C@H](O)[C@@H]3/C=C/1C)C2(C)C. The molecule has 0 aromatic carbocycles. The fourth-order valence-corrected chi connectivity index (χ4v) is 6.10. The molecule has 198 valence electrons. The number of ether oxygens (including phenoxy) is 2. The van der Waals surface area contributed by atoms with Gasteiger partial charge in [0.25, 0.3) is 0 Å². The van der Waals surface area contributed by atoms with Crippen LogP contribution >= 0.6 is 0 Å². The minimum Gasteiger partial charge on any atom is -0.455 e. The lowest BCUT2D eigenvalue weighted by molar-refractivity contribution is -0.168. The number of fused-ring (bicyclic) bond motifs is 2. The Balaban J connectivity index is 2.03. The molecule has 0 spiro atoms. The maximum absolute atomic E-state index is 13.9. The standard InChI is InChI=1S/C30H42O6/c1-8-9-10-11-12-13-26(32)35-25-16-23-22(29(23,6)7)15-19(3)28(34)30(36-21(5)31)17-20(4)27(33)24(30)14-18(25)2/h10-15,20,22-25,27,33H,8-9,16-17H2,1-7H3/b11-10-,13-12+,18-14+,19-15+/t20-,22-,23+,24+,25-,27+,30-/m1/s1. The van der Waals surface area contributed by atoms with Crippen molar-refractivity contribution in [3.63, 3.8) is 0 Å². The first-order valence-corrected chi connectivity index (χ1v) is 13.2. The summed E-state index contributed by atoms with van der Waals surface area (Å²) in [5.74, 6) is -1.87. The van der Waals surface area contributed by atoms with Crippen molar-refractivity contribution in [3.8, 4) is 0 Å². The lowest BCUT2D eigenvalue weighted by atomic mass is 9.80. The number of carbonyl (C=O) groups is 3. The van der Waals surface area contributed by atoms with Gasteiger partial charge in [-0.25, -0.2) is 4.79 Å². The summed E-state index contributed by atoms with van der Waals surface area (Å²) in [5, 5.41) is 11.1. The van der Waals surface area contributed by atoms with E-state index in [1.165, 1.54) is 13.0 Å². The summed E-state index contributed by atoms with van der Waals surface area (Å²) < 4.78 is 11.7. The third kappa shape index (κ3) is 5.59. The first kappa shape index (κ1) is 28.1. The van der Waals surface area contributed by atoms with E-state index in [9.17, 15) is 19.5 Å². The molecule has 0 aromatic rings. The Kier molecular flexibility index (Phi) is 8.49. The molecule has 0 bridgehead atoms. The van der Waals surface area contributed by atoms with Crippen LogP contribution in [0.2, 0.25) is 0 Å². The summed E-state index contributed by atoms with van der Waals surface area (Å²) in [6.07, 6.45) is 12.2. The second-order valence-electron chi connectivity index (χ2n) is 11.5. The molecular formula is C30H42O6. The summed E-state index contributed by atoms with van der Waals surface area (Å²) in [6, 6.07) is 0. The van der Waals surface area contributed by atoms with Gasteiger partial charge < -0.3 is 14.6 Å². The average molecular weight is 499 g/mol. The molecule has 0 saturated heterocycles. The largest absolute Gasteiger partial charge is 0.455 e. The molecule has 36 heavy (non-hydrogen) atoms. The van der Waals surface area contributed by atoms with Crippen LogP contribution in [0, 0.1) is 29.1 Å². The van der Waals surface area contributed by atoms with Crippen molar-refractivity contribution in [3.05, 3.63) is 47.6 Å².